The zero-order valence-electron chi connectivity index (χ0n) is 17.5. The van der Waals surface area contributed by atoms with Crippen LogP contribution < -0.4 is 0 Å². The van der Waals surface area contributed by atoms with Crippen molar-refractivity contribution in [3.05, 3.63) is 35.5 Å². The highest BCUT2D eigenvalue weighted by Crippen LogP contribution is 2.65. The molecule has 2 heteroatoms. The Morgan fingerprint density at radius 1 is 1.21 bits per heavy atom. The minimum absolute atomic E-state index is 0.0326. The number of allylic oxidation sites excluding steroid dienone is 4. The highest BCUT2D eigenvalue weighted by molar-refractivity contribution is 8.13. The van der Waals surface area contributed by atoms with Crippen LogP contribution in [0.5, 0.6) is 0 Å². The summed E-state index contributed by atoms with van der Waals surface area (Å²) in [5, 5.41) is 1.18. The van der Waals surface area contributed by atoms with Gasteiger partial charge >= 0.3 is 0 Å². The molecule has 0 amide bonds. The van der Waals surface area contributed by atoms with Crippen LogP contribution in [0.15, 0.2) is 40.4 Å². The molecule has 0 heterocycles. The van der Waals surface area contributed by atoms with E-state index in [1.807, 2.05) is 6.08 Å². The zero-order valence-corrected chi connectivity index (χ0v) is 18.3. The van der Waals surface area contributed by atoms with Gasteiger partial charge in [0.25, 0.3) is 0 Å². The maximum atomic E-state index is 5.03. The van der Waals surface area contributed by atoms with Gasteiger partial charge in [-0.15, -0.1) is 11.8 Å². The zero-order chi connectivity index (χ0) is 18.9. The molecule has 1 rings (SSSR count). The van der Waals surface area contributed by atoms with Gasteiger partial charge in [0.2, 0.25) is 0 Å². The minimum atomic E-state index is 0.0326. The number of thioether (sulfide) groups is 1. The SMILES string of the molecule is C=C/C(=C\C(C)=C(/C(C)C)C1(C)CC1(C)N=C(C)SC)C(C)(C)C. The summed E-state index contributed by atoms with van der Waals surface area (Å²) in [6.07, 6.45) is 7.59. The Morgan fingerprint density at radius 2 is 1.75 bits per heavy atom. The number of hydrogen-bond donors (Lipinski definition) is 0. The molecule has 2 atom stereocenters. The van der Waals surface area contributed by atoms with E-state index in [0.717, 1.165) is 6.42 Å². The molecule has 24 heavy (non-hydrogen) atoms. The molecule has 0 N–H and O–H groups in total. The Labute approximate surface area is 154 Å². The van der Waals surface area contributed by atoms with E-state index in [2.05, 4.69) is 81.2 Å². The molecule has 1 saturated carbocycles. The fourth-order valence-electron chi connectivity index (χ4n) is 4.01. The number of aliphatic imine (C=N–C) groups is 1. The fourth-order valence-corrected chi connectivity index (χ4v) is 4.30. The van der Waals surface area contributed by atoms with E-state index in [0.29, 0.717) is 5.92 Å². The molecule has 0 aromatic rings. The molecule has 0 aromatic heterocycles. The van der Waals surface area contributed by atoms with Gasteiger partial charge in [-0.25, -0.2) is 0 Å². The van der Waals surface area contributed by atoms with E-state index in [-0.39, 0.29) is 16.4 Å². The summed E-state index contributed by atoms with van der Waals surface area (Å²) in [5.74, 6) is 0.517. The summed E-state index contributed by atoms with van der Waals surface area (Å²) in [6, 6.07) is 0. The second kappa shape index (κ2) is 7.23. The minimum Gasteiger partial charge on any atom is -0.276 e. The van der Waals surface area contributed by atoms with E-state index >= 15 is 0 Å². The van der Waals surface area contributed by atoms with Gasteiger partial charge in [0, 0.05) is 5.41 Å². The van der Waals surface area contributed by atoms with Crippen molar-refractivity contribution in [2.75, 3.05) is 6.26 Å². The van der Waals surface area contributed by atoms with Crippen molar-refractivity contribution in [2.24, 2.45) is 21.7 Å². The highest BCUT2D eigenvalue weighted by atomic mass is 32.2. The van der Waals surface area contributed by atoms with Crippen LogP contribution in [-0.4, -0.2) is 16.8 Å². The van der Waals surface area contributed by atoms with Crippen LogP contribution >= 0.6 is 11.8 Å². The van der Waals surface area contributed by atoms with Crippen molar-refractivity contribution in [3.8, 4) is 0 Å². The standard InChI is InChI=1S/C22H37NS/c1-12-18(20(6,7)8)13-16(4)19(15(2)3)21(9)14-22(21,10)23-17(5)24-11/h12-13,15H,1,14H2,2-11H3/b18-13+,19-16+,23-17?. The Bertz CT molecular complexity index is 586. The first-order valence-electron chi connectivity index (χ1n) is 8.98. The van der Waals surface area contributed by atoms with Gasteiger partial charge in [-0.3, -0.25) is 4.99 Å². The third-order valence-corrected chi connectivity index (χ3v) is 6.20. The van der Waals surface area contributed by atoms with Crippen molar-refractivity contribution in [1.29, 1.82) is 0 Å². The van der Waals surface area contributed by atoms with Crippen LogP contribution in [0.25, 0.3) is 0 Å². The van der Waals surface area contributed by atoms with E-state index in [1.165, 1.54) is 16.2 Å². The molecular weight excluding hydrogens is 310 g/mol. The van der Waals surface area contributed by atoms with Crippen molar-refractivity contribution in [1.82, 2.24) is 0 Å². The summed E-state index contributed by atoms with van der Waals surface area (Å²) < 4.78 is 0. The average molecular weight is 348 g/mol. The molecule has 1 nitrogen and oxygen atoms in total. The maximum absolute atomic E-state index is 5.03. The topological polar surface area (TPSA) is 12.4 Å². The van der Waals surface area contributed by atoms with Crippen LogP contribution in [0, 0.1) is 16.7 Å². The van der Waals surface area contributed by atoms with E-state index in [9.17, 15) is 0 Å². The van der Waals surface area contributed by atoms with Crippen LogP contribution in [0.2, 0.25) is 0 Å². The Morgan fingerprint density at radius 3 is 2.12 bits per heavy atom. The molecule has 0 aliphatic heterocycles. The van der Waals surface area contributed by atoms with E-state index in [4.69, 9.17) is 4.99 Å². The lowest BCUT2D eigenvalue weighted by atomic mass is 9.79. The summed E-state index contributed by atoms with van der Waals surface area (Å²) in [5.41, 5.74) is 4.54. The predicted molar refractivity (Wildman–Crippen MR) is 113 cm³/mol. The van der Waals surface area contributed by atoms with Gasteiger partial charge < -0.3 is 0 Å². The largest absolute Gasteiger partial charge is 0.276 e. The lowest BCUT2D eigenvalue weighted by Crippen LogP contribution is -2.20. The average Bonchev–Trinajstić information content (AvgIpc) is 2.95. The normalized spacial score (nSPS) is 29.6. The lowest BCUT2D eigenvalue weighted by Gasteiger charge is -2.27. The smallest absolute Gasteiger partial charge is 0.0690 e. The molecule has 0 aromatic carbocycles. The monoisotopic (exact) mass is 347 g/mol. The van der Waals surface area contributed by atoms with Gasteiger partial charge in [0.15, 0.2) is 0 Å². The molecule has 0 spiro atoms. The number of hydrogen-bond acceptors (Lipinski definition) is 2. The number of rotatable bonds is 5. The van der Waals surface area contributed by atoms with Gasteiger partial charge in [-0.1, -0.05) is 71.4 Å². The van der Waals surface area contributed by atoms with E-state index < -0.39 is 0 Å². The lowest BCUT2D eigenvalue weighted by molar-refractivity contribution is 0.492. The van der Waals surface area contributed by atoms with E-state index in [1.54, 1.807) is 17.3 Å². The molecule has 2 unspecified atom stereocenters. The quantitative estimate of drug-likeness (QED) is 0.294. The third kappa shape index (κ3) is 4.25. The molecule has 0 radical (unpaired) electrons. The Balaban J connectivity index is 3.40. The summed E-state index contributed by atoms with van der Waals surface area (Å²) in [6.45, 7) is 24.5. The highest BCUT2D eigenvalue weighted by Gasteiger charge is 2.63. The third-order valence-electron chi connectivity index (χ3n) is 5.52. The fraction of sp³-hybridized carbons (Fsp3) is 0.682. The first-order valence-corrected chi connectivity index (χ1v) is 10.2. The maximum Gasteiger partial charge on any atom is 0.0690 e. The van der Waals surface area contributed by atoms with Crippen LogP contribution in [0.1, 0.15) is 68.7 Å². The molecule has 1 aliphatic rings. The molecule has 0 saturated heterocycles. The molecular formula is C22H37NS. The summed E-state index contributed by atoms with van der Waals surface area (Å²) in [4.78, 5) is 5.03. The van der Waals surface area contributed by atoms with Crippen LogP contribution in [-0.2, 0) is 0 Å². The molecule has 1 aliphatic carbocycles. The second-order valence-corrected chi connectivity index (χ2v) is 9.92. The molecule has 1 fully saturated rings. The van der Waals surface area contributed by atoms with Gasteiger partial charge in [0.1, 0.15) is 0 Å². The van der Waals surface area contributed by atoms with Gasteiger partial charge in [-0.05, 0) is 50.4 Å². The number of nitrogens with zero attached hydrogens (tertiary/aromatic N) is 1. The first kappa shape index (κ1) is 21.3. The first-order chi connectivity index (χ1) is 10.8. The van der Waals surface area contributed by atoms with Crippen molar-refractivity contribution in [2.45, 2.75) is 74.3 Å². The molecule has 0 bridgehead atoms. The molecule has 136 valence electrons. The van der Waals surface area contributed by atoms with Crippen LogP contribution in [0.3, 0.4) is 0 Å². The summed E-state index contributed by atoms with van der Waals surface area (Å²) in [7, 11) is 0. The van der Waals surface area contributed by atoms with Gasteiger partial charge in [0.05, 0.1) is 10.6 Å². The van der Waals surface area contributed by atoms with Crippen LogP contribution in [0.4, 0.5) is 0 Å². The predicted octanol–water partition coefficient (Wildman–Crippen LogP) is 7.07. The summed E-state index contributed by atoms with van der Waals surface area (Å²) >= 11 is 1.75. The van der Waals surface area contributed by atoms with Gasteiger partial charge in [-0.2, -0.15) is 0 Å². The Kier molecular flexibility index (Phi) is 6.42. The van der Waals surface area contributed by atoms with Crippen molar-refractivity contribution in [3.63, 3.8) is 0 Å². The van der Waals surface area contributed by atoms with Crippen molar-refractivity contribution >= 4 is 16.8 Å². The van der Waals surface area contributed by atoms with Crippen molar-refractivity contribution < 1.29 is 0 Å². The Hall–Kier alpha value is -0.760. The second-order valence-electron chi connectivity index (χ2n) is 8.92.